The zero-order valence-corrected chi connectivity index (χ0v) is 9.80. The molecule has 3 nitrogen and oxygen atoms in total. The molecule has 0 spiro atoms. The molecule has 1 aromatic heterocycles. The van der Waals surface area contributed by atoms with Gasteiger partial charge in [0.25, 0.3) is 0 Å². The molecule has 0 aliphatic heterocycles. The zero-order valence-electron chi connectivity index (χ0n) is 9.80. The van der Waals surface area contributed by atoms with E-state index in [1.165, 1.54) is 0 Å². The Morgan fingerprint density at radius 3 is 2.72 bits per heavy atom. The second kappa shape index (κ2) is 4.37. The number of fused-ring (bicyclic) bond motifs is 1. The van der Waals surface area contributed by atoms with Crippen LogP contribution < -0.4 is 11.1 Å². The molecule has 18 heavy (non-hydrogen) atoms. The molecule has 0 aliphatic rings. The zero-order chi connectivity index (χ0) is 12.4. The molecule has 0 unspecified atom stereocenters. The predicted octanol–water partition coefficient (Wildman–Crippen LogP) is 3.56. The normalized spacial score (nSPS) is 10.4. The molecule has 0 radical (unpaired) electrons. The van der Waals surface area contributed by atoms with Gasteiger partial charge in [-0.1, -0.05) is 12.1 Å². The fourth-order valence-corrected chi connectivity index (χ4v) is 1.98. The number of aromatic nitrogens is 1. The Labute approximate surface area is 105 Å². The number of hydrogen-bond acceptors (Lipinski definition) is 3. The molecule has 0 fully saturated rings. The van der Waals surface area contributed by atoms with Crippen molar-refractivity contribution in [1.29, 1.82) is 0 Å². The quantitative estimate of drug-likeness (QED) is 0.668. The second-order valence-electron chi connectivity index (χ2n) is 4.13. The molecule has 88 valence electrons. The molecule has 3 N–H and O–H groups in total. The van der Waals surface area contributed by atoms with Crippen LogP contribution in [0.15, 0.2) is 60.8 Å². The highest BCUT2D eigenvalue weighted by Gasteiger charge is 2.01. The monoisotopic (exact) mass is 235 g/mol. The van der Waals surface area contributed by atoms with E-state index in [2.05, 4.69) is 16.4 Å². The van der Waals surface area contributed by atoms with E-state index in [9.17, 15) is 0 Å². The minimum Gasteiger partial charge on any atom is -0.399 e. The fraction of sp³-hybridized carbons (Fsp3) is 0. The summed E-state index contributed by atoms with van der Waals surface area (Å²) in [5, 5.41) is 4.47. The molecule has 0 saturated carbocycles. The molecule has 0 bridgehead atoms. The Bertz CT molecular complexity index is 687. The molecule has 0 aliphatic carbocycles. The van der Waals surface area contributed by atoms with E-state index < -0.39 is 0 Å². The van der Waals surface area contributed by atoms with Gasteiger partial charge in [-0.3, -0.25) is 4.98 Å². The first-order valence-electron chi connectivity index (χ1n) is 5.79. The van der Waals surface area contributed by atoms with Crippen LogP contribution in [0.1, 0.15) is 0 Å². The van der Waals surface area contributed by atoms with Crippen molar-refractivity contribution < 1.29 is 0 Å². The maximum atomic E-state index is 5.77. The number of nitrogen functional groups attached to an aromatic ring is 1. The van der Waals surface area contributed by atoms with Gasteiger partial charge in [-0.2, -0.15) is 0 Å². The van der Waals surface area contributed by atoms with E-state index in [0.717, 1.165) is 28.0 Å². The molecule has 2 aromatic carbocycles. The lowest BCUT2D eigenvalue weighted by Crippen LogP contribution is -1.93. The van der Waals surface area contributed by atoms with Gasteiger partial charge in [0.1, 0.15) is 0 Å². The maximum absolute atomic E-state index is 5.77. The van der Waals surface area contributed by atoms with Crippen LogP contribution in [0.25, 0.3) is 10.9 Å². The van der Waals surface area contributed by atoms with Crippen molar-refractivity contribution >= 4 is 28.0 Å². The molecular weight excluding hydrogens is 222 g/mol. The highest BCUT2D eigenvalue weighted by molar-refractivity contribution is 5.93. The topological polar surface area (TPSA) is 50.9 Å². The van der Waals surface area contributed by atoms with E-state index >= 15 is 0 Å². The summed E-state index contributed by atoms with van der Waals surface area (Å²) in [7, 11) is 0. The minimum atomic E-state index is 0.748. The summed E-state index contributed by atoms with van der Waals surface area (Å²) in [4.78, 5) is 4.34. The molecule has 3 heteroatoms. The molecule has 3 rings (SSSR count). The Kier molecular flexibility index (Phi) is 2.57. The van der Waals surface area contributed by atoms with Crippen LogP contribution >= 0.6 is 0 Å². The fourth-order valence-electron chi connectivity index (χ4n) is 1.98. The van der Waals surface area contributed by atoms with Gasteiger partial charge in [0.15, 0.2) is 0 Å². The Hall–Kier alpha value is -2.55. The summed E-state index contributed by atoms with van der Waals surface area (Å²) < 4.78 is 0. The first-order chi connectivity index (χ1) is 8.83. The maximum Gasteiger partial charge on any atom is 0.0722 e. The number of pyridine rings is 1. The van der Waals surface area contributed by atoms with E-state index in [1.54, 1.807) is 6.20 Å². The third-order valence-corrected chi connectivity index (χ3v) is 2.81. The van der Waals surface area contributed by atoms with Crippen LogP contribution in [0.2, 0.25) is 0 Å². The lowest BCUT2D eigenvalue weighted by molar-refractivity contribution is 1.41. The average Bonchev–Trinajstić information content (AvgIpc) is 2.39. The molecule has 3 aromatic rings. The Morgan fingerprint density at radius 1 is 0.944 bits per heavy atom. The van der Waals surface area contributed by atoms with Crippen LogP contribution in [0.5, 0.6) is 0 Å². The van der Waals surface area contributed by atoms with Crippen molar-refractivity contribution in [2.24, 2.45) is 0 Å². The van der Waals surface area contributed by atoms with E-state index in [-0.39, 0.29) is 0 Å². The van der Waals surface area contributed by atoms with Crippen LogP contribution in [-0.2, 0) is 0 Å². The first kappa shape index (κ1) is 10.6. The van der Waals surface area contributed by atoms with Crippen molar-refractivity contribution in [2.75, 3.05) is 11.1 Å². The number of nitrogens with one attached hydrogen (secondary N) is 1. The number of hydrogen-bond donors (Lipinski definition) is 2. The van der Waals surface area contributed by atoms with E-state index in [1.807, 2.05) is 48.5 Å². The number of anilines is 3. The summed E-state index contributed by atoms with van der Waals surface area (Å²) in [6, 6.07) is 17.7. The average molecular weight is 235 g/mol. The van der Waals surface area contributed by atoms with Gasteiger partial charge in [0.2, 0.25) is 0 Å². The highest BCUT2D eigenvalue weighted by atomic mass is 14.9. The van der Waals surface area contributed by atoms with Crippen LogP contribution in [0.3, 0.4) is 0 Å². The van der Waals surface area contributed by atoms with Gasteiger partial charge >= 0.3 is 0 Å². The van der Waals surface area contributed by atoms with Crippen molar-refractivity contribution in [3.63, 3.8) is 0 Å². The molecule has 1 heterocycles. The van der Waals surface area contributed by atoms with Gasteiger partial charge in [0.05, 0.1) is 5.52 Å². The van der Waals surface area contributed by atoms with Gasteiger partial charge in [-0.15, -0.1) is 0 Å². The number of benzene rings is 2. The summed E-state index contributed by atoms with van der Waals surface area (Å²) in [6.45, 7) is 0. The van der Waals surface area contributed by atoms with Crippen LogP contribution in [0, 0.1) is 0 Å². The number of nitrogens with two attached hydrogens (primary N) is 1. The summed E-state index contributed by atoms with van der Waals surface area (Å²) in [5.41, 5.74) is 9.51. The third-order valence-electron chi connectivity index (χ3n) is 2.81. The van der Waals surface area contributed by atoms with Crippen molar-refractivity contribution in [1.82, 2.24) is 4.98 Å². The van der Waals surface area contributed by atoms with Crippen molar-refractivity contribution in [3.05, 3.63) is 60.8 Å². The molecule has 0 atom stereocenters. The lowest BCUT2D eigenvalue weighted by Gasteiger charge is -2.09. The number of nitrogens with zero attached hydrogens (tertiary/aromatic N) is 1. The summed E-state index contributed by atoms with van der Waals surface area (Å²) in [6.07, 6.45) is 1.80. The Morgan fingerprint density at radius 2 is 1.83 bits per heavy atom. The second-order valence-corrected chi connectivity index (χ2v) is 4.13. The van der Waals surface area contributed by atoms with Crippen LogP contribution in [-0.4, -0.2) is 4.98 Å². The van der Waals surface area contributed by atoms with E-state index in [4.69, 9.17) is 5.73 Å². The van der Waals surface area contributed by atoms with E-state index in [0.29, 0.717) is 0 Å². The van der Waals surface area contributed by atoms with Crippen molar-refractivity contribution in [3.8, 4) is 0 Å². The van der Waals surface area contributed by atoms with Gasteiger partial charge in [-0.25, -0.2) is 0 Å². The highest BCUT2D eigenvalue weighted by Crippen LogP contribution is 2.25. The predicted molar refractivity (Wildman–Crippen MR) is 75.9 cm³/mol. The standard InChI is InChI=1S/C15H13N3/c16-11-4-1-5-12(10-11)18-15-8-2-7-14-13(15)6-3-9-17-14/h1-10,18H,16H2. The number of rotatable bonds is 2. The SMILES string of the molecule is Nc1cccc(Nc2cccc3ncccc23)c1. The summed E-state index contributed by atoms with van der Waals surface area (Å²) >= 11 is 0. The van der Waals surface area contributed by atoms with Gasteiger partial charge < -0.3 is 11.1 Å². The minimum absolute atomic E-state index is 0.748. The first-order valence-corrected chi connectivity index (χ1v) is 5.79. The van der Waals surface area contributed by atoms with Gasteiger partial charge in [-0.05, 0) is 42.5 Å². The van der Waals surface area contributed by atoms with Crippen LogP contribution in [0.4, 0.5) is 17.1 Å². The van der Waals surface area contributed by atoms with Gasteiger partial charge in [0, 0.05) is 28.6 Å². The molecular formula is C15H13N3. The molecule has 0 saturated heterocycles. The summed E-state index contributed by atoms with van der Waals surface area (Å²) in [5.74, 6) is 0. The Balaban J connectivity index is 2.05. The van der Waals surface area contributed by atoms with Crippen molar-refractivity contribution in [2.45, 2.75) is 0 Å². The third kappa shape index (κ3) is 1.98. The lowest BCUT2D eigenvalue weighted by atomic mass is 10.1. The molecule has 0 amide bonds. The largest absolute Gasteiger partial charge is 0.399 e. The smallest absolute Gasteiger partial charge is 0.0722 e.